The summed E-state index contributed by atoms with van der Waals surface area (Å²) < 4.78 is 0. The first kappa shape index (κ1) is 20.3. The van der Waals surface area contributed by atoms with Gasteiger partial charge in [0.1, 0.15) is 0 Å². The van der Waals surface area contributed by atoms with E-state index in [-0.39, 0.29) is 11.5 Å². The largest absolute Gasteiger partial charge is 0.545 e. The SMILES string of the molecule is Cc1cc2c(cc1C)CN(c1cccc(C(=O)N/N=C\c3ccc(C(=O)[O-])cc3)c1)C2. The molecule has 0 aliphatic carbocycles. The van der Waals surface area contributed by atoms with Crippen molar-refractivity contribution in [2.45, 2.75) is 26.9 Å². The fraction of sp³-hybridized carbons (Fsp3) is 0.160. The number of carbonyl (C=O) groups is 2. The van der Waals surface area contributed by atoms with Gasteiger partial charge in [-0.25, -0.2) is 5.43 Å². The van der Waals surface area contributed by atoms with Crippen LogP contribution >= 0.6 is 0 Å². The molecule has 6 heteroatoms. The quantitative estimate of drug-likeness (QED) is 0.516. The normalized spacial score (nSPS) is 12.8. The molecule has 0 saturated carbocycles. The molecule has 1 amide bonds. The second kappa shape index (κ2) is 8.44. The standard InChI is InChI=1S/C25H23N3O3/c1-16-10-21-14-28(15-22(21)11-17(16)2)23-5-3-4-20(12-23)24(29)27-26-13-18-6-8-19(9-7-18)25(30)31/h3-13H,14-15H2,1-2H3,(H,27,29)(H,30,31)/p-1/b26-13-. The average molecular weight is 412 g/mol. The average Bonchev–Trinajstić information content (AvgIpc) is 3.17. The van der Waals surface area contributed by atoms with Gasteiger partial charge >= 0.3 is 0 Å². The molecule has 1 heterocycles. The molecule has 0 fully saturated rings. The van der Waals surface area contributed by atoms with Gasteiger partial charge in [-0.15, -0.1) is 0 Å². The van der Waals surface area contributed by atoms with E-state index in [1.807, 2.05) is 18.2 Å². The Balaban J connectivity index is 1.42. The number of amides is 1. The molecule has 0 radical (unpaired) electrons. The van der Waals surface area contributed by atoms with Crippen molar-refractivity contribution in [1.82, 2.24) is 5.43 Å². The van der Waals surface area contributed by atoms with Gasteiger partial charge in [0.15, 0.2) is 0 Å². The molecule has 0 aromatic heterocycles. The number of hydrogen-bond acceptors (Lipinski definition) is 5. The summed E-state index contributed by atoms with van der Waals surface area (Å²) in [6, 6.07) is 18.0. The number of nitrogens with zero attached hydrogens (tertiary/aromatic N) is 2. The highest BCUT2D eigenvalue weighted by molar-refractivity contribution is 5.96. The highest BCUT2D eigenvalue weighted by Gasteiger charge is 2.20. The number of benzene rings is 3. The van der Waals surface area contributed by atoms with Crippen LogP contribution in [0.2, 0.25) is 0 Å². The van der Waals surface area contributed by atoms with E-state index in [2.05, 4.69) is 41.4 Å². The van der Waals surface area contributed by atoms with E-state index in [4.69, 9.17) is 0 Å². The van der Waals surface area contributed by atoms with E-state index >= 15 is 0 Å². The van der Waals surface area contributed by atoms with E-state index in [9.17, 15) is 14.7 Å². The van der Waals surface area contributed by atoms with E-state index < -0.39 is 5.97 Å². The van der Waals surface area contributed by atoms with Gasteiger partial charge in [-0.3, -0.25) is 4.79 Å². The summed E-state index contributed by atoms with van der Waals surface area (Å²) in [6.07, 6.45) is 1.46. The van der Waals surface area contributed by atoms with Crippen molar-refractivity contribution in [3.05, 3.63) is 99.6 Å². The first-order chi connectivity index (χ1) is 14.9. The van der Waals surface area contributed by atoms with E-state index in [0.29, 0.717) is 11.1 Å². The van der Waals surface area contributed by atoms with Crippen LogP contribution in [0.1, 0.15) is 48.5 Å². The lowest BCUT2D eigenvalue weighted by Gasteiger charge is -2.18. The van der Waals surface area contributed by atoms with Crippen molar-refractivity contribution in [1.29, 1.82) is 0 Å². The summed E-state index contributed by atoms with van der Waals surface area (Å²) >= 11 is 0. The Bertz CT molecular complexity index is 1150. The maximum atomic E-state index is 12.5. The second-order valence-corrected chi connectivity index (χ2v) is 7.72. The lowest BCUT2D eigenvalue weighted by Crippen LogP contribution is -2.22. The molecule has 3 aromatic rings. The van der Waals surface area contributed by atoms with Gasteiger partial charge < -0.3 is 14.8 Å². The van der Waals surface area contributed by atoms with Crippen LogP contribution in [0, 0.1) is 13.8 Å². The molecule has 0 atom stereocenters. The molecule has 6 nitrogen and oxygen atoms in total. The van der Waals surface area contributed by atoms with Crippen molar-refractivity contribution in [3.63, 3.8) is 0 Å². The number of aryl methyl sites for hydroxylation is 2. The van der Waals surface area contributed by atoms with Crippen molar-refractivity contribution in [2.75, 3.05) is 4.90 Å². The minimum Gasteiger partial charge on any atom is -0.545 e. The monoisotopic (exact) mass is 412 g/mol. The van der Waals surface area contributed by atoms with Crippen molar-refractivity contribution in [3.8, 4) is 0 Å². The fourth-order valence-electron chi connectivity index (χ4n) is 3.66. The number of hydrazone groups is 1. The molecular weight excluding hydrogens is 390 g/mol. The van der Waals surface area contributed by atoms with Gasteiger partial charge in [-0.05, 0) is 65.4 Å². The van der Waals surface area contributed by atoms with Crippen molar-refractivity contribution >= 4 is 23.8 Å². The van der Waals surface area contributed by atoms with Gasteiger partial charge in [0, 0.05) is 24.3 Å². The zero-order valence-corrected chi connectivity index (χ0v) is 17.4. The summed E-state index contributed by atoms with van der Waals surface area (Å²) in [5, 5.41) is 14.8. The van der Waals surface area contributed by atoms with Gasteiger partial charge in [0.25, 0.3) is 5.91 Å². The first-order valence-electron chi connectivity index (χ1n) is 9.99. The third-order valence-corrected chi connectivity index (χ3v) is 5.54. The lowest BCUT2D eigenvalue weighted by atomic mass is 10.0. The van der Waals surface area contributed by atoms with E-state index in [1.165, 1.54) is 40.6 Å². The number of carboxylic acid groups (broad SMARTS) is 1. The molecule has 1 aliphatic heterocycles. The highest BCUT2D eigenvalue weighted by Crippen LogP contribution is 2.30. The number of rotatable bonds is 5. The second-order valence-electron chi connectivity index (χ2n) is 7.72. The predicted octanol–water partition coefficient (Wildman–Crippen LogP) is 2.95. The van der Waals surface area contributed by atoms with Gasteiger partial charge in [-0.2, -0.15) is 5.10 Å². The van der Waals surface area contributed by atoms with E-state index in [1.54, 1.807) is 18.2 Å². The molecule has 3 aromatic carbocycles. The maximum Gasteiger partial charge on any atom is 0.271 e. The first-order valence-corrected chi connectivity index (χ1v) is 9.99. The molecule has 1 N–H and O–H groups in total. The molecule has 0 bridgehead atoms. The lowest BCUT2D eigenvalue weighted by molar-refractivity contribution is -0.255. The van der Waals surface area contributed by atoms with Gasteiger partial charge in [0.05, 0.1) is 12.2 Å². The Labute approximate surface area is 180 Å². The molecule has 0 unspecified atom stereocenters. The number of anilines is 1. The molecule has 0 saturated heterocycles. The minimum absolute atomic E-state index is 0.0902. The van der Waals surface area contributed by atoms with Crippen LogP contribution in [0.5, 0.6) is 0 Å². The number of carboxylic acids is 1. The molecule has 156 valence electrons. The Morgan fingerprint density at radius 3 is 2.19 bits per heavy atom. The molecule has 4 rings (SSSR count). The maximum absolute atomic E-state index is 12.5. The molecule has 31 heavy (non-hydrogen) atoms. The Morgan fingerprint density at radius 1 is 0.935 bits per heavy atom. The molecule has 0 spiro atoms. The van der Waals surface area contributed by atoms with E-state index in [0.717, 1.165) is 18.8 Å². The number of fused-ring (bicyclic) bond motifs is 1. The Kier molecular flexibility index (Phi) is 5.54. The third-order valence-electron chi connectivity index (χ3n) is 5.54. The third kappa shape index (κ3) is 4.48. The smallest absolute Gasteiger partial charge is 0.271 e. The zero-order valence-electron chi connectivity index (χ0n) is 17.4. The summed E-state index contributed by atoms with van der Waals surface area (Å²) in [5.74, 6) is -1.55. The number of aromatic carboxylic acids is 1. The number of carbonyl (C=O) groups excluding carboxylic acids is 2. The van der Waals surface area contributed by atoms with Crippen molar-refractivity contribution in [2.24, 2.45) is 5.10 Å². The number of nitrogens with one attached hydrogen (secondary N) is 1. The van der Waals surface area contributed by atoms with Crippen LogP contribution in [0.25, 0.3) is 0 Å². The van der Waals surface area contributed by atoms with Gasteiger partial charge in [0.2, 0.25) is 0 Å². The van der Waals surface area contributed by atoms with Crippen LogP contribution in [0.4, 0.5) is 5.69 Å². The van der Waals surface area contributed by atoms with Gasteiger partial charge in [-0.1, -0.05) is 42.5 Å². The summed E-state index contributed by atoms with van der Waals surface area (Å²) in [4.78, 5) is 25.6. The highest BCUT2D eigenvalue weighted by atomic mass is 16.4. The van der Waals surface area contributed by atoms with Crippen LogP contribution in [-0.2, 0) is 13.1 Å². The fourth-order valence-corrected chi connectivity index (χ4v) is 3.66. The molecular formula is C25H22N3O3-. The van der Waals surface area contributed by atoms with Crippen LogP contribution in [0.3, 0.4) is 0 Å². The Hall–Kier alpha value is -3.93. The summed E-state index contributed by atoms with van der Waals surface area (Å²) in [5.41, 5.74) is 10.0. The predicted molar refractivity (Wildman–Crippen MR) is 118 cm³/mol. The Morgan fingerprint density at radius 2 is 1.58 bits per heavy atom. The zero-order chi connectivity index (χ0) is 22.0. The summed E-state index contributed by atoms with van der Waals surface area (Å²) in [7, 11) is 0. The minimum atomic E-state index is -1.23. The molecule has 1 aliphatic rings. The van der Waals surface area contributed by atoms with Crippen molar-refractivity contribution < 1.29 is 14.7 Å². The van der Waals surface area contributed by atoms with Crippen LogP contribution in [0.15, 0.2) is 65.8 Å². The van der Waals surface area contributed by atoms with Crippen LogP contribution < -0.4 is 15.4 Å². The topological polar surface area (TPSA) is 84.8 Å². The number of hydrogen-bond donors (Lipinski definition) is 1. The van der Waals surface area contributed by atoms with Crippen LogP contribution in [-0.4, -0.2) is 18.1 Å². The summed E-state index contributed by atoms with van der Waals surface area (Å²) in [6.45, 7) is 5.89.